The fourth-order valence-electron chi connectivity index (χ4n) is 2.14. The van der Waals surface area contributed by atoms with Gasteiger partial charge in [-0.05, 0) is 69.6 Å². The maximum absolute atomic E-state index is 11.9. The average molecular weight is 291 g/mol. The van der Waals surface area contributed by atoms with Crippen LogP contribution in [-0.4, -0.2) is 30.9 Å². The number of amides is 1. The monoisotopic (exact) mass is 291 g/mol. The van der Waals surface area contributed by atoms with Crippen LogP contribution in [0.2, 0.25) is 0 Å². The predicted molar refractivity (Wildman–Crippen MR) is 90.4 cm³/mol. The lowest BCUT2D eigenvalue weighted by Crippen LogP contribution is -2.23. The summed E-state index contributed by atoms with van der Waals surface area (Å²) in [5.41, 5.74) is 8.27. The fraction of sp³-hybridized carbons (Fsp3) is 0.588. The molecule has 3 N–H and O–H groups in total. The van der Waals surface area contributed by atoms with Gasteiger partial charge in [-0.15, -0.1) is 0 Å². The molecule has 0 bridgehead atoms. The van der Waals surface area contributed by atoms with Crippen LogP contribution in [0.25, 0.3) is 0 Å². The first kappa shape index (κ1) is 17.5. The highest BCUT2D eigenvalue weighted by Crippen LogP contribution is 2.17. The largest absolute Gasteiger partial charge is 0.399 e. The number of carbonyl (C=O) groups excluding carboxylic acids is 1. The quantitative estimate of drug-likeness (QED) is 0.723. The van der Waals surface area contributed by atoms with Crippen LogP contribution in [0.5, 0.6) is 0 Å². The standard InChI is InChI=1S/C17H29N3O/c1-13(2)9-11-20(4)10-5-6-17(21)19-16-8-7-15(18)12-14(16)3/h7-8,12-13H,5-6,9-11,18H2,1-4H3,(H,19,21). The summed E-state index contributed by atoms with van der Waals surface area (Å²) in [6.07, 6.45) is 2.64. The summed E-state index contributed by atoms with van der Waals surface area (Å²) in [7, 11) is 2.12. The van der Waals surface area contributed by atoms with Crippen molar-refractivity contribution in [2.75, 3.05) is 31.2 Å². The maximum atomic E-state index is 11.9. The van der Waals surface area contributed by atoms with Crippen LogP contribution in [0, 0.1) is 12.8 Å². The number of nitrogens with zero attached hydrogens (tertiary/aromatic N) is 1. The SMILES string of the molecule is Cc1cc(N)ccc1NC(=O)CCCN(C)CCC(C)C. The molecule has 118 valence electrons. The number of hydrogen-bond donors (Lipinski definition) is 2. The molecule has 0 aromatic heterocycles. The number of carbonyl (C=O) groups is 1. The van der Waals surface area contributed by atoms with Gasteiger partial charge in [-0.3, -0.25) is 4.79 Å². The molecule has 0 saturated carbocycles. The molecule has 0 heterocycles. The third-order valence-corrected chi connectivity index (χ3v) is 3.56. The van der Waals surface area contributed by atoms with Gasteiger partial charge in [0.2, 0.25) is 5.91 Å². The first-order valence-corrected chi connectivity index (χ1v) is 7.73. The van der Waals surface area contributed by atoms with E-state index >= 15 is 0 Å². The van der Waals surface area contributed by atoms with Crippen molar-refractivity contribution in [2.24, 2.45) is 5.92 Å². The minimum atomic E-state index is 0.0696. The molecule has 0 radical (unpaired) electrons. The van der Waals surface area contributed by atoms with Crippen molar-refractivity contribution in [1.29, 1.82) is 0 Å². The highest BCUT2D eigenvalue weighted by atomic mass is 16.1. The molecule has 1 aromatic rings. The second-order valence-corrected chi connectivity index (χ2v) is 6.21. The van der Waals surface area contributed by atoms with E-state index < -0.39 is 0 Å². The number of nitrogens with one attached hydrogen (secondary N) is 1. The molecular formula is C17H29N3O. The minimum Gasteiger partial charge on any atom is -0.399 e. The molecule has 1 rings (SSSR count). The Hall–Kier alpha value is -1.55. The van der Waals surface area contributed by atoms with Crippen molar-refractivity contribution < 1.29 is 4.79 Å². The Balaban J connectivity index is 2.28. The Bertz CT molecular complexity index is 457. The molecule has 0 atom stereocenters. The number of hydrogen-bond acceptors (Lipinski definition) is 3. The molecule has 4 nitrogen and oxygen atoms in total. The smallest absolute Gasteiger partial charge is 0.224 e. The molecule has 0 fully saturated rings. The van der Waals surface area contributed by atoms with Gasteiger partial charge in [-0.25, -0.2) is 0 Å². The Morgan fingerprint density at radius 3 is 2.67 bits per heavy atom. The lowest BCUT2D eigenvalue weighted by Gasteiger charge is -2.17. The van der Waals surface area contributed by atoms with Gasteiger partial charge < -0.3 is 16.0 Å². The number of benzene rings is 1. The van der Waals surface area contributed by atoms with Gasteiger partial charge in [0.15, 0.2) is 0 Å². The minimum absolute atomic E-state index is 0.0696. The van der Waals surface area contributed by atoms with Crippen LogP contribution in [0.15, 0.2) is 18.2 Å². The van der Waals surface area contributed by atoms with E-state index in [4.69, 9.17) is 5.73 Å². The van der Waals surface area contributed by atoms with E-state index in [0.29, 0.717) is 6.42 Å². The molecular weight excluding hydrogens is 262 g/mol. The first-order valence-electron chi connectivity index (χ1n) is 7.73. The van der Waals surface area contributed by atoms with Crippen molar-refractivity contribution in [3.05, 3.63) is 23.8 Å². The van der Waals surface area contributed by atoms with Crippen molar-refractivity contribution in [2.45, 2.75) is 40.0 Å². The fourth-order valence-corrected chi connectivity index (χ4v) is 2.14. The molecule has 1 amide bonds. The summed E-state index contributed by atoms with van der Waals surface area (Å²) in [5, 5.41) is 2.95. The van der Waals surface area contributed by atoms with E-state index in [1.165, 1.54) is 6.42 Å². The second-order valence-electron chi connectivity index (χ2n) is 6.21. The number of nitrogens with two attached hydrogens (primary N) is 1. The number of nitrogen functional groups attached to an aromatic ring is 1. The molecule has 0 saturated heterocycles. The van der Waals surface area contributed by atoms with Crippen LogP contribution in [0.3, 0.4) is 0 Å². The van der Waals surface area contributed by atoms with E-state index in [0.717, 1.165) is 42.4 Å². The summed E-state index contributed by atoms with van der Waals surface area (Å²) in [6.45, 7) is 8.47. The average Bonchev–Trinajstić information content (AvgIpc) is 2.39. The van der Waals surface area contributed by atoms with Gasteiger partial charge in [0, 0.05) is 17.8 Å². The number of rotatable bonds is 8. The van der Waals surface area contributed by atoms with E-state index in [1.54, 1.807) is 0 Å². The Morgan fingerprint density at radius 1 is 1.33 bits per heavy atom. The molecule has 0 aliphatic rings. The summed E-state index contributed by atoms with van der Waals surface area (Å²) < 4.78 is 0. The van der Waals surface area contributed by atoms with Crippen LogP contribution >= 0.6 is 0 Å². The van der Waals surface area contributed by atoms with Crippen LogP contribution in [0.1, 0.15) is 38.7 Å². The van der Waals surface area contributed by atoms with Gasteiger partial charge >= 0.3 is 0 Å². The highest BCUT2D eigenvalue weighted by molar-refractivity contribution is 5.91. The topological polar surface area (TPSA) is 58.4 Å². The van der Waals surface area contributed by atoms with Crippen LogP contribution < -0.4 is 11.1 Å². The van der Waals surface area contributed by atoms with Gasteiger partial charge in [-0.2, -0.15) is 0 Å². The third kappa shape index (κ3) is 7.14. The lowest BCUT2D eigenvalue weighted by atomic mass is 10.1. The van der Waals surface area contributed by atoms with E-state index in [9.17, 15) is 4.79 Å². The van der Waals surface area contributed by atoms with E-state index in [-0.39, 0.29) is 5.91 Å². The van der Waals surface area contributed by atoms with Crippen molar-refractivity contribution in [1.82, 2.24) is 4.90 Å². The van der Waals surface area contributed by atoms with Crippen molar-refractivity contribution >= 4 is 17.3 Å². The van der Waals surface area contributed by atoms with Gasteiger partial charge in [-0.1, -0.05) is 13.8 Å². The first-order chi connectivity index (χ1) is 9.88. The van der Waals surface area contributed by atoms with Gasteiger partial charge in [0.1, 0.15) is 0 Å². The summed E-state index contributed by atoms with van der Waals surface area (Å²) >= 11 is 0. The van der Waals surface area contributed by atoms with E-state index in [1.807, 2.05) is 25.1 Å². The molecule has 1 aromatic carbocycles. The van der Waals surface area contributed by atoms with Gasteiger partial charge in [0.05, 0.1) is 0 Å². The van der Waals surface area contributed by atoms with Crippen molar-refractivity contribution in [3.63, 3.8) is 0 Å². The maximum Gasteiger partial charge on any atom is 0.224 e. The zero-order valence-corrected chi connectivity index (χ0v) is 13.8. The molecule has 21 heavy (non-hydrogen) atoms. The molecule has 0 unspecified atom stereocenters. The van der Waals surface area contributed by atoms with E-state index in [2.05, 4.69) is 31.1 Å². The molecule has 0 aliphatic carbocycles. The Morgan fingerprint density at radius 2 is 2.05 bits per heavy atom. The second kappa shape index (κ2) is 8.67. The predicted octanol–water partition coefficient (Wildman–Crippen LogP) is 3.27. The Kier molecular flexibility index (Phi) is 7.23. The zero-order valence-electron chi connectivity index (χ0n) is 13.8. The van der Waals surface area contributed by atoms with Gasteiger partial charge in [0.25, 0.3) is 0 Å². The number of aryl methyl sites for hydroxylation is 1. The zero-order chi connectivity index (χ0) is 15.8. The van der Waals surface area contributed by atoms with Crippen LogP contribution in [0.4, 0.5) is 11.4 Å². The Labute approximate surface area is 128 Å². The summed E-state index contributed by atoms with van der Waals surface area (Å²) in [5.74, 6) is 0.796. The normalized spacial score (nSPS) is 11.1. The highest BCUT2D eigenvalue weighted by Gasteiger charge is 2.06. The van der Waals surface area contributed by atoms with Crippen LogP contribution in [-0.2, 0) is 4.79 Å². The third-order valence-electron chi connectivity index (χ3n) is 3.56. The lowest BCUT2D eigenvalue weighted by molar-refractivity contribution is -0.116. The van der Waals surface area contributed by atoms with Crippen molar-refractivity contribution in [3.8, 4) is 0 Å². The molecule has 4 heteroatoms. The molecule has 0 aliphatic heterocycles. The number of anilines is 2. The molecule has 0 spiro atoms. The summed E-state index contributed by atoms with van der Waals surface area (Å²) in [4.78, 5) is 14.2. The summed E-state index contributed by atoms with van der Waals surface area (Å²) in [6, 6.07) is 5.54.